The van der Waals surface area contributed by atoms with Gasteiger partial charge in [0.1, 0.15) is 0 Å². The summed E-state index contributed by atoms with van der Waals surface area (Å²) in [6.07, 6.45) is 0. The van der Waals surface area contributed by atoms with Gasteiger partial charge < -0.3 is 0 Å². The topological polar surface area (TPSA) is 0 Å². The van der Waals surface area contributed by atoms with Crippen molar-refractivity contribution in [2.24, 2.45) is 0 Å². The van der Waals surface area contributed by atoms with Gasteiger partial charge in [0.15, 0.2) is 0 Å². The highest BCUT2D eigenvalue weighted by Crippen LogP contribution is 2.42. The second-order valence-electron chi connectivity index (χ2n) is 6.44. The first kappa shape index (κ1) is 17.2. The monoisotopic (exact) mass is 492 g/mol. The zero-order chi connectivity index (χ0) is 18.4. The molecular weight excluding hydrogens is 480 g/mol. The molecule has 4 aromatic carbocycles. The van der Waals surface area contributed by atoms with Crippen LogP contribution >= 0.6 is 43.2 Å². The summed E-state index contributed by atoms with van der Waals surface area (Å²) < 4.78 is 2.27. The molecule has 5 rings (SSSR count). The summed E-state index contributed by atoms with van der Waals surface area (Å²) in [7, 11) is 0. The molecule has 0 N–H and O–H groups in total. The molecule has 5 aromatic rings. The Hall–Kier alpha value is -1.94. The van der Waals surface area contributed by atoms with E-state index < -0.39 is 0 Å². The van der Waals surface area contributed by atoms with Crippen LogP contribution < -0.4 is 0 Å². The number of hydrogen-bond acceptors (Lipinski definition) is 1. The second-order valence-corrected chi connectivity index (χ2v) is 9.24. The highest BCUT2D eigenvalue weighted by atomic mass is 79.9. The molecule has 0 aliphatic carbocycles. The molecule has 0 aliphatic heterocycles. The van der Waals surface area contributed by atoms with Crippen molar-refractivity contribution in [1.29, 1.82) is 0 Å². The van der Waals surface area contributed by atoms with Crippen molar-refractivity contribution in [2.75, 3.05) is 0 Å². The molecule has 3 heteroatoms. The van der Waals surface area contributed by atoms with Crippen molar-refractivity contribution in [3.8, 4) is 20.9 Å². The summed E-state index contributed by atoms with van der Waals surface area (Å²) in [6, 6.07) is 30.3. The fraction of sp³-hybridized carbons (Fsp3) is 0. The highest BCUT2D eigenvalue weighted by molar-refractivity contribution is 9.11. The Morgan fingerprint density at radius 3 is 1.30 bits per heavy atom. The van der Waals surface area contributed by atoms with E-state index in [1.165, 1.54) is 42.4 Å². The van der Waals surface area contributed by atoms with Crippen LogP contribution in [0, 0.1) is 0 Å². The molecule has 0 atom stereocenters. The normalized spacial score (nSPS) is 11.3. The van der Waals surface area contributed by atoms with E-state index in [2.05, 4.69) is 117 Å². The third-order valence-corrected chi connectivity index (χ3v) is 7.41. The predicted octanol–water partition coefficient (Wildman–Crippen LogP) is 8.91. The van der Waals surface area contributed by atoms with Gasteiger partial charge in [-0.25, -0.2) is 0 Å². The molecule has 0 fully saturated rings. The lowest BCUT2D eigenvalue weighted by Gasteiger charge is -2.08. The molecule has 0 radical (unpaired) electrons. The van der Waals surface area contributed by atoms with E-state index in [0.717, 1.165) is 8.95 Å². The Kier molecular flexibility index (Phi) is 4.39. The minimum Gasteiger partial charge on any atom is -0.135 e. The van der Waals surface area contributed by atoms with E-state index in [1.807, 2.05) is 11.3 Å². The number of hydrogen-bond donors (Lipinski definition) is 0. The van der Waals surface area contributed by atoms with Crippen LogP contribution in [0.2, 0.25) is 0 Å². The summed E-state index contributed by atoms with van der Waals surface area (Å²) in [4.78, 5) is 2.58. The first-order valence-corrected chi connectivity index (χ1v) is 11.1. The Balaban J connectivity index is 1.69. The van der Waals surface area contributed by atoms with Crippen LogP contribution in [0.3, 0.4) is 0 Å². The molecule has 0 amide bonds. The minimum absolute atomic E-state index is 1.14. The van der Waals surface area contributed by atoms with E-state index >= 15 is 0 Å². The van der Waals surface area contributed by atoms with Gasteiger partial charge in [0.2, 0.25) is 0 Å². The lowest BCUT2D eigenvalue weighted by Crippen LogP contribution is -1.80. The lowest BCUT2D eigenvalue weighted by molar-refractivity contribution is 1.69. The number of benzene rings is 4. The van der Waals surface area contributed by atoms with E-state index in [4.69, 9.17) is 0 Å². The second kappa shape index (κ2) is 6.90. The average molecular weight is 494 g/mol. The van der Waals surface area contributed by atoms with Crippen LogP contribution in [0.1, 0.15) is 0 Å². The third-order valence-electron chi connectivity index (χ3n) is 4.88. The molecule has 0 saturated carbocycles. The van der Waals surface area contributed by atoms with Crippen LogP contribution in [0.4, 0.5) is 0 Å². The lowest BCUT2D eigenvalue weighted by atomic mass is 10.0. The summed E-state index contributed by atoms with van der Waals surface area (Å²) in [5.41, 5.74) is 2.57. The smallest absolute Gasteiger partial charge is 0.0355 e. The number of fused-ring (bicyclic) bond motifs is 2. The molecule has 0 saturated heterocycles. The standard InChI is InChI=1S/C24H14Br2S/c25-21-11-9-19(15-5-1-3-7-17(15)21)23-13-14-24(27-23)20-10-12-22(26)18-8-4-2-6-16(18)20/h1-14H. The van der Waals surface area contributed by atoms with Gasteiger partial charge in [0.05, 0.1) is 0 Å². The first-order chi connectivity index (χ1) is 13.2. The van der Waals surface area contributed by atoms with Gasteiger partial charge in [-0.3, -0.25) is 0 Å². The molecule has 0 spiro atoms. The van der Waals surface area contributed by atoms with Gasteiger partial charge in [-0.05, 0) is 56.9 Å². The number of thiophene rings is 1. The van der Waals surface area contributed by atoms with E-state index in [-0.39, 0.29) is 0 Å². The summed E-state index contributed by atoms with van der Waals surface area (Å²) in [5.74, 6) is 0. The molecule has 27 heavy (non-hydrogen) atoms. The summed E-state index contributed by atoms with van der Waals surface area (Å²) in [6.45, 7) is 0. The first-order valence-electron chi connectivity index (χ1n) is 8.67. The van der Waals surface area contributed by atoms with Crippen molar-refractivity contribution in [1.82, 2.24) is 0 Å². The maximum absolute atomic E-state index is 3.68. The largest absolute Gasteiger partial charge is 0.135 e. The Labute approximate surface area is 178 Å². The maximum atomic E-state index is 3.68. The van der Waals surface area contributed by atoms with E-state index in [1.54, 1.807) is 0 Å². The maximum Gasteiger partial charge on any atom is 0.0355 e. The van der Waals surface area contributed by atoms with Gasteiger partial charge >= 0.3 is 0 Å². The van der Waals surface area contributed by atoms with Crippen LogP contribution in [0.25, 0.3) is 42.4 Å². The Morgan fingerprint density at radius 1 is 0.444 bits per heavy atom. The van der Waals surface area contributed by atoms with Crippen molar-refractivity contribution in [3.05, 3.63) is 93.9 Å². The quantitative estimate of drug-likeness (QED) is 0.230. The molecule has 0 nitrogen and oxygen atoms in total. The molecule has 0 unspecified atom stereocenters. The molecule has 1 aromatic heterocycles. The van der Waals surface area contributed by atoms with Crippen molar-refractivity contribution in [3.63, 3.8) is 0 Å². The minimum atomic E-state index is 1.14. The zero-order valence-corrected chi connectivity index (χ0v) is 18.2. The van der Waals surface area contributed by atoms with Crippen LogP contribution in [0.15, 0.2) is 93.9 Å². The van der Waals surface area contributed by atoms with E-state index in [0.29, 0.717) is 0 Å². The van der Waals surface area contributed by atoms with Crippen LogP contribution in [-0.4, -0.2) is 0 Å². The van der Waals surface area contributed by atoms with Gasteiger partial charge in [-0.1, -0.05) is 92.5 Å². The highest BCUT2D eigenvalue weighted by Gasteiger charge is 2.12. The Bertz CT molecular complexity index is 1200. The molecule has 0 bridgehead atoms. The number of halogens is 2. The molecule has 1 heterocycles. The van der Waals surface area contributed by atoms with Gasteiger partial charge in [-0.15, -0.1) is 11.3 Å². The molecule has 130 valence electrons. The van der Waals surface area contributed by atoms with Gasteiger partial charge in [-0.2, -0.15) is 0 Å². The summed E-state index contributed by atoms with van der Waals surface area (Å²) in [5, 5.41) is 5.06. The molecular formula is C24H14Br2S. The zero-order valence-electron chi connectivity index (χ0n) is 14.2. The molecule has 0 aliphatic rings. The summed E-state index contributed by atoms with van der Waals surface area (Å²) >= 11 is 9.21. The van der Waals surface area contributed by atoms with Gasteiger partial charge in [0, 0.05) is 18.7 Å². The third kappa shape index (κ3) is 2.94. The predicted molar refractivity (Wildman–Crippen MR) is 126 cm³/mol. The van der Waals surface area contributed by atoms with Crippen molar-refractivity contribution < 1.29 is 0 Å². The Morgan fingerprint density at radius 2 is 0.852 bits per heavy atom. The average Bonchev–Trinajstić information content (AvgIpc) is 3.19. The fourth-order valence-corrected chi connectivity index (χ4v) is 5.62. The fourth-order valence-electron chi connectivity index (χ4n) is 3.58. The number of rotatable bonds is 2. The van der Waals surface area contributed by atoms with E-state index in [9.17, 15) is 0 Å². The van der Waals surface area contributed by atoms with Crippen LogP contribution in [0.5, 0.6) is 0 Å². The van der Waals surface area contributed by atoms with Crippen LogP contribution in [-0.2, 0) is 0 Å². The van der Waals surface area contributed by atoms with Crippen molar-refractivity contribution >= 4 is 64.7 Å². The van der Waals surface area contributed by atoms with Gasteiger partial charge in [0.25, 0.3) is 0 Å². The SMILES string of the molecule is Brc1ccc(-c2ccc(-c3ccc(Br)c4ccccc34)s2)c2ccccc12. The van der Waals surface area contributed by atoms with Crippen molar-refractivity contribution in [2.45, 2.75) is 0 Å².